The summed E-state index contributed by atoms with van der Waals surface area (Å²) < 4.78 is 5.14. The summed E-state index contributed by atoms with van der Waals surface area (Å²) in [7, 11) is 0. The lowest BCUT2D eigenvalue weighted by molar-refractivity contribution is -0.143. The molecule has 1 rings (SSSR count). The van der Waals surface area contributed by atoms with Gasteiger partial charge in [-0.15, -0.1) is 6.58 Å². The molecule has 1 aromatic carbocycles. The predicted molar refractivity (Wildman–Crippen MR) is 83.4 cm³/mol. The van der Waals surface area contributed by atoms with E-state index < -0.39 is 5.54 Å². The highest BCUT2D eigenvalue weighted by molar-refractivity contribution is 6.42. The van der Waals surface area contributed by atoms with E-state index in [4.69, 9.17) is 27.9 Å². The number of hydrogen-bond donors (Lipinski definition) is 1. The maximum Gasteiger partial charge on any atom is 0.302 e. The van der Waals surface area contributed by atoms with Crippen molar-refractivity contribution in [1.29, 1.82) is 0 Å². The fourth-order valence-electron chi connectivity index (χ4n) is 1.84. The number of hydrogen-bond acceptors (Lipinski definition) is 3. The lowest BCUT2D eigenvalue weighted by Gasteiger charge is -2.30. The van der Waals surface area contributed by atoms with Crippen molar-refractivity contribution in [2.75, 3.05) is 13.2 Å². The summed E-state index contributed by atoms with van der Waals surface area (Å²) in [6, 6.07) is 5.50. The Morgan fingerprint density at radius 1 is 1.45 bits per heavy atom. The van der Waals surface area contributed by atoms with Crippen molar-refractivity contribution >= 4 is 29.2 Å². The van der Waals surface area contributed by atoms with Crippen molar-refractivity contribution < 1.29 is 9.53 Å². The van der Waals surface area contributed by atoms with Crippen molar-refractivity contribution in [3.8, 4) is 0 Å². The Hall–Kier alpha value is -1.03. The van der Waals surface area contributed by atoms with Crippen molar-refractivity contribution in [1.82, 2.24) is 5.32 Å². The smallest absolute Gasteiger partial charge is 0.302 e. The molecule has 110 valence electrons. The molecule has 3 nitrogen and oxygen atoms in total. The molecule has 0 aliphatic carbocycles. The quantitative estimate of drug-likeness (QED) is 0.616. The molecule has 1 atom stereocenters. The second kappa shape index (κ2) is 7.67. The van der Waals surface area contributed by atoms with E-state index in [0.29, 0.717) is 23.0 Å². The first kappa shape index (κ1) is 17.0. The molecular weight excluding hydrogens is 297 g/mol. The average Bonchev–Trinajstić information content (AvgIpc) is 2.39. The van der Waals surface area contributed by atoms with Crippen LogP contribution in [0.1, 0.15) is 19.4 Å². The summed E-state index contributed by atoms with van der Waals surface area (Å²) in [5, 5.41) is 4.35. The Kier molecular flexibility index (Phi) is 6.53. The van der Waals surface area contributed by atoms with Crippen LogP contribution in [0, 0.1) is 0 Å². The van der Waals surface area contributed by atoms with Gasteiger partial charge in [0.1, 0.15) is 6.61 Å². The number of ether oxygens (including phenoxy) is 1. The molecule has 0 amide bonds. The number of nitrogens with one attached hydrogen (secondary N) is 1. The number of benzene rings is 1. The number of halogens is 2. The molecule has 1 aromatic rings. The predicted octanol–water partition coefficient (Wildman–Crippen LogP) is 3.63. The number of carbonyl (C=O) groups is 1. The van der Waals surface area contributed by atoms with Gasteiger partial charge < -0.3 is 10.1 Å². The zero-order valence-electron chi connectivity index (χ0n) is 11.7. The molecule has 0 aliphatic rings. The third kappa shape index (κ3) is 5.53. The fourth-order valence-corrected chi connectivity index (χ4v) is 2.16. The van der Waals surface area contributed by atoms with Crippen molar-refractivity contribution in [2.45, 2.75) is 25.8 Å². The number of carbonyl (C=O) groups excluding carboxylic acids is 1. The van der Waals surface area contributed by atoms with E-state index in [2.05, 4.69) is 11.9 Å². The van der Waals surface area contributed by atoms with Crippen LogP contribution in [-0.2, 0) is 16.0 Å². The molecule has 20 heavy (non-hydrogen) atoms. The minimum absolute atomic E-state index is 0.274. The molecule has 0 heterocycles. The molecular formula is C15H19Cl2NO2. The summed E-state index contributed by atoms with van der Waals surface area (Å²) in [5.41, 5.74) is 0.627. The summed E-state index contributed by atoms with van der Waals surface area (Å²) in [6.45, 7) is 7.97. The fraction of sp³-hybridized carbons (Fsp3) is 0.400. The second-order valence-corrected chi connectivity index (χ2v) is 5.75. The summed E-state index contributed by atoms with van der Waals surface area (Å²) in [4.78, 5) is 11.0. The van der Waals surface area contributed by atoms with Crippen molar-refractivity contribution in [3.63, 3.8) is 0 Å². The van der Waals surface area contributed by atoms with E-state index in [1.807, 2.05) is 19.1 Å². The largest absolute Gasteiger partial charge is 0.464 e. The molecule has 0 fully saturated rings. The molecule has 0 radical (unpaired) electrons. The van der Waals surface area contributed by atoms with Crippen LogP contribution in [0.3, 0.4) is 0 Å². The zero-order valence-corrected chi connectivity index (χ0v) is 13.2. The minimum Gasteiger partial charge on any atom is -0.464 e. The summed E-state index contributed by atoms with van der Waals surface area (Å²) >= 11 is 11.9. The zero-order chi connectivity index (χ0) is 15.2. The van der Waals surface area contributed by atoms with Crippen molar-refractivity contribution in [3.05, 3.63) is 46.5 Å². The van der Waals surface area contributed by atoms with E-state index in [9.17, 15) is 4.79 Å². The van der Waals surface area contributed by atoms with Gasteiger partial charge in [0.05, 0.1) is 15.6 Å². The van der Waals surface area contributed by atoms with E-state index in [0.717, 1.165) is 5.56 Å². The lowest BCUT2D eigenvalue weighted by Crippen LogP contribution is -2.48. The molecule has 1 N–H and O–H groups in total. The molecule has 0 spiro atoms. The molecule has 5 heteroatoms. The van der Waals surface area contributed by atoms with Crippen LogP contribution in [0.2, 0.25) is 10.0 Å². The van der Waals surface area contributed by atoms with Gasteiger partial charge in [-0.25, -0.2) is 0 Å². The highest BCUT2D eigenvalue weighted by atomic mass is 35.5. The van der Waals surface area contributed by atoms with Gasteiger partial charge in [-0.2, -0.15) is 0 Å². The Morgan fingerprint density at radius 3 is 2.70 bits per heavy atom. The monoisotopic (exact) mass is 315 g/mol. The maximum atomic E-state index is 11.0. The second-order valence-electron chi connectivity index (χ2n) is 4.94. The van der Waals surface area contributed by atoms with Crippen molar-refractivity contribution in [2.24, 2.45) is 0 Å². The molecule has 0 saturated heterocycles. The third-order valence-electron chi connectivity index (χ3n) is 2.85. The standard InChI is InChI=1S/C15H19Cl2NO2/c1-4-7-18-15(3,10-20-11(2)19)9-12-5-6-13(16)14(17)8-12/h4-6,8,18H,1,7,9-10H2,2-3H3/t15-/m0/s1. The van der Waals surface area contributed by atoms with Gasteiger partial charge in [-0.3, -0.25) is 4.79 Å². The van der Waals surface area contributed by atoms with Gasteiger partial charge in [-0.05, 0) is 31.0 Å². The molecule has 0 unspecified atom stereocenters. The third-order valence-corrected chi connectivity index (χ3v) is 3.58. The van der Waals surface area contributed by atoms with Gasteiger partial charge in [-0.1, -0.05) is 35.3 Å². The van der Waals surface area contributed by atoms with Crippen LogP contribution in [-0.4, -0.2) is 24.7 Å². The SMILES string of the molecule is C=CCN[C@](C)(COC(C)=O)Cc1ccc(Cl)c(Cl)c1. The highest BCUT2D eigenvalue weighted by Crippen LogP contribution is 2.24. The molecule has 0 bridgehead atoms. The van der Waals surface area contributed by atoms with E-state index >= 15 is 0 Å². The first-order chi connectivity index (χ1) is 9.36. The molecule has 0 aromatic heterocycles. The van der Waals surface area contributed by atoms with E-state index in [1.165, 1.54) is 6.92 Å². The highest BCUT2D eigenvalue weighted by Gasteiger charge is 2.25. The normalized spacial score (nSPS) is 13.6. The topological polar surface area (TPSA) is 38.3 Å². The van der Waals surface area contributed by atoms with Gasteiger partial charge in [0, 0.05) is 13.5 Å². The van der Waals surface area contributed by atoms with Crippen LogP contribution >= 0.6 is 23.2 Å². The minimum atomic E-state index is -0.392. The first-order valence-corrected chi connectivity index (χ1v) is 7.05. The molecule has 0 aliphatic heterocycles. The van der Waals surface area contributed by atoms with Gasteiger partial charge in [0.25, 0.3) is 0 Å². The van der Waals surface area contributed by atoms with E-state index in [-0.39, 0.29) is 12.6 Å². The molecule has 0 saturated carbocycles. The number of esters is 1. The van der Waals surface area contributed by atoms with Crippen LogP contribution in [0.15, 0.2) is 30.9 Å². The Morgan fingerprint density at radius 2 is 2.15 bits per heavy atom. The van der Waals surface area contributed by atoms with Gasteiger partial charge in [0.2, 0.25) is 0 Å². The maximum absolute atomic E-state index is 11.0. The van der Waals surface area contributed by atoms with Crippen LogP contribution in [0.4, 0.5) is 0 Å². The van der Waals surface area contributed by atoms with E-state index in [1.54, 1.807) is 12.1 Å². The Labute approximate surface area is 129 Å². The van der Waals surface area contributed by atoms with Gasteiger partial charge >= 0.3 is 5.97 Å². The van der Waals surface area contributed by atoms with Crippen LogP contribution in [0.5, 0.6) is 0 Å². The Bertz CT molecular complexity index is 491. The average molecular weight is 316 g/mol. The summed E-state index contributed by atoms with van der Waals surface area (Å²) in [5.74, 6) is -0.300. The number of rotatable bonds is 7. The first-order valence-electron chi connectivity index (χ1n) is 6.29. The Balaban J connectivity index is 2.83. The van der Waals surface area contributed by atoms with Crippen LogP contribution in [0.25, 0.3) is 0 Å². The summed E-state index contributed by atoms with van der Waals surface area (Å²) in [6.07, 6.45) is 2.42. The van der Waals surface area contributed by atoms with Crippen LogP contribution < -0.4 is 5.32 Å². The van der Waals surface area contributed by atoms with Gasteiger partial charge in [0.15, 0.2) is 0 Å². The lowest BCUT2D eigenvalue weighted by atomic mass is 9.93.